The monoisotopic (exact) mass is 204 g/mol. The van der Waals surface area contributed by atoms with E-state index in [1.165, 1.54) is 12.8 Å². The lowest BCUT2D eigenvalue weighted by molar-refractivity contribution is -0.130. The Hall–Kier alpha value is -1.38. The first-order valence-electron chi connectivity index (χ1n) is 5.53. The Kier molecular flexibility index (Phi) is 3.33. The number of carbonyl (C=O) groups is 1. The first-order valence-corrected chi connectivity index (χ1v) is 5.53. The Labute approximate surface area is 90.1 Å². The van der Waals surface area contributed by atoms with Crippen molar-refractivity contribution in [3.05, 3.63) is 30.1 Å². The second-order valence-electron chi connectivity index (χ2n) is 3.95. The molecule has 3 heteroatoms. The molecule has 0 unspecified atom stereocenters. The minimum atomic E-state index is 0.288. The molecule has 15 heavy (non-hydrogen) atoms. The molecule has 2 heterocycles. The number of rotatable bonds is 3. The summed E-state index contributed by atoms with van der Waals surface area (Å²) in [5.41, 5.74) is 1.14. The van der Waals surface area contributed by atoms with Gasteiger partial charge in [-0.05, 0) is 30.9 Å². The van der Waals surface area contributed by atoms with E-state index in [0.29, 0.717) is 6.42 Å². The average Bonchev–Trinajstić information content (AvgIpc) is 2.81. The van der Waals surface area contributed by atoms with E-state index in [1.54, 1.807) is 6.20 Å². The quantitative estimate of drug-likeness (QED) is 0.750. The lowest BCUT2D eigenvalue weighted by Crippen LogP contribution is -2.27. The SMILES string of the molecule is O=C(CCc1cccnc1)N1CCCC1. The molecule has 1 aromatic heterocycles. The van der Waals surface area contributed by atoms with Crippen molar-refractivity contribution in [2.24, 2.45) is 0 Å². The second-order valence-corrected chi connectivity index (χ2v) is 3.95. The van der Waals surface area contributed by atoms with E-state index in [9.17, 15) is 4.79 Å². The normalized spacial score (nSPS) is 15.6. The Morgan fingerprint density at radius 3 is 2.87 bits per heavy atom. The number of carbonyl (C=O) groups excluding carboxylic acids is 1. The predicted octanol–water partition coefficient (Wildman–Crippen LogP) is 1.64. The van der Waals surface area contributed by atoms with Gasteiger partial charge in [-0.3, -0.25) is 9.78 Å². The van der Waals surface area contributed by atoms with E-state index in [0.717, 1.165) is 25.1 Å². The zero-order valence-electron chi connectivity index (χ0n) is 8.85. The highest BCUT2D eigenvalue weighted by molar-refractivity contribution is 5.76. The van der Waals surface area contributed by atoms with Crippen LogP contribution in [0.1, 0.15) is 24.8 Å². The Morgan fingerprint density at radius 2 is 2.20 bits per heavy atom. The maximum absolute atomic E-state index is 11.7. The lowest BCUT2D eigenvalue weighted by Gasteiger charge is -2.14. The fourth-order valence-corrected chi connectivity index (χ4v) is 1.92. The molecule has 0 aliphatic carbocycles. The highest BCUT2D eigenvalue weighted by atomic mass is 16.2. The molecule has 0 aromatic carbocycles. The zero-order chi connectivity index (χ0) is 10.5. The molecule has 0 spiro atoms. The van der Waals surface area contributed by atoms with Crippen molar-refractivity contribution in [3.8, 4) is 0 Å². The van der Waals surface area contributed by atoms with Crippen LogP contribution in [0.4, 0.5) is 0 Å². The van der Waals surface area contributed by atoms with Crippen molar-refractivity contribution in [2.75, 3.05) is 13.1 Å². The maximum Gasteiger partial charge on any atom is 0.222 e. The standard InChI is InChI=1S/C12H16N2O/c15-12(14-8-1-2-9-14)6-5-11-4-3-7-13-10-11/h3-4,7,10H,1-2,5-6,8-9H2. The van der Waals surface area contributed by atoms with Crippen LogP contribution in [0.3, 0.4) is 0 Å². The first-order chi connectivity index (χ1) is 7.36. The van der Waals surface area contributed by atoms with E-state index in [-0.39, 0.29) is 5.91 Å². The van der Waals surface area contributed by atoms with Gasteiger partial charge >= 0.3 is 0 Å². The summed E-state index contributed by atoms with van der Waals surface area (Å²) in [6.45, 7) is 1.90. The molecule has 80 valence electrons. The van der Waals surface area contributed by atoms with E-state index < -0.39 is 0 Å². The summed E-state index contributed by atoms with van der Waals surface area (Å²) in [6.07, 6.45) is 7.34. The number of hydrogen-bond acceptors (Lipinski definition) is 2. The van der Waals surface area contributed by atoms with Crippen LogP contribution in [-0.2, 0) is 11.2 Å². The van der Waals surface area contributed by atoms with Crippen molar-refractivity contribution in [3.63, 3.8) is 0 Å². The third kappa shape index (κ3) is 2.78. The minimum absolute atomic E-state index is 0.288. The lowest BCUT2D eigenvalue weighted by atomic mass is 10.1. The average molecular weight is 204 g/mol. The van der Waals surface area contributed by atoms with Gasteiger partial charge in [-0.1, -0.05) is 6.07 Å². The van der Waals surface area contributed by atoms with E-state index >= 15 is 0 Å². The molecule has 3 nitrogen and oxygen atoms in total. The number of nitrogens with zero attached hydrogens (tertiary/aromatic N) is 2. The van der Waals surface area contributed by atoms with Gasteiger partial charge in [0.15, 0.2) is 0 Å². The molecule has 2 rings (SSSR count). The van der Waals surface area contributed by atoms with Gasteiger partial charge in [0.2, 0.25) is 5.91 Å². The first kappa shape index (κ1) is 10.1. The van der Waals surface area contributed by atoms with Crippen LogP contribution in [0.15, 0.2) is 24.5 Å². The van der Waals surface area contributed by atoms with Gasteiger partial charge < -0.3 is 4.90 Å². The summed E-state index contributed by atoms with van der Waals surface area (Å²) in [6, 6.07) is 3.93. The maximum atomic E-state index is 11.7. The second kappa shape index (κ2) is 4.91. The van der Waals surface area contributed by atoms with Gasteiger partial charge in [0, 0.05) is 31.9 Å². The fraction of sp³-hybridized carbons (Fsp3) is 0.500. The van der Waals surface area contributed by atoms with Crippen LogP contribution in [0.25, 0.3) is 0 Å². The van der Waals surface area contributed by atoms with Crippen LogP contribution >= 0.6 is 0 Å². The molecule has 0 atom stereocenters. The summed E-state index contributed by atoms with van der Waals surface area (Å²) in [7, 11) is 0. The molecule has 1 aliphatic heterocycles. The summed E-state index contributed by atoms with van der Waals surface area (Å²) >= 11 is 0. The minimum Gasteiger partial charge on any atom is -0.343 e. The van der Waals surface area contributed by atoms with Gasteiger partial charge in [0.05, 0.1) is 0 Å². The molecular weight excluding hydrogens is 188 g/mol. The van der Waals surface area contributed by atoms with Crippen molar-refractivity contribution in [1.29, 1.82) is 0 Å². The van der Waals surface area contributed by atoms with Crippen molar-refractivity contribution < 1.29 is 4.79 Å². The Bertz CT molecular complexity index is 318. The number of aromatic nitrogens is 1. The fourth-order valence-electron chi connectivity index (χ4n) is 1.92. The van der Waals surface area contributed by atoms with Gasteiger partial charge in [-0.15, -0.1) is 0 Å². The molecule has 1 saturated heterocycles. The van der Waals surface area contributed by atoms with Crippen molar-refractivity contribution in [2.45, 2.75) is 25.7 Å². The summed E-state index contributed by atoms with van der Waals surface area (Å²) in [5.74, 6) is 0.288. The number of pyridine rings is 1. The number of amides is 1. The Balaban J connectivity index is 1.80. The van der Waals surface area contributed by atoms with Crippen LogP contribution in [0.5, 0.6) is 0 Å². The Morgan fingerprint density at radius 1 is 1.40 bits per heavy atom. The van der Waals surface area contributed by atoms with Crippen LogP contribution < -0.4 is 0 Å². The third-order valence-corrected chi connectivity index (χ3v) is 2.81. The topological polar surface area (TPSA) is 33.2 Å². The van der Waals surface area contributed by atoms with E-state index in [2.05, 4.69) is 4.98 Å². The van der Waals surface area contributed by atoms with Crippen molar-refractivity contribution >= 4 is 5.91 Å². The number of aryl methyl sites for hydroxylation is 1. The summed E-state index contributed by atoms with van der Waals surface area (Å²) < 4.78 is 0. The molecule has 0 radical (unpaired) electrons. The van der Waals surface area contributed by atoms with Gasteiger partial charge in [-0.2, -0.15) is 0 Å². The third-order valence-electron chi connectivity index (χ3n) is 2.81. The van der Waals surface area contributed by atoms with Crippen LogP contribution in [-0.4, -0.2) is 28.9 Å². The number of hydrogen-bond donors (Lipinski definition) is 0. The van der Waals surface area contributed by atoms with E-state index in [4.69, 9.17) is 0 Å². The molecule has 0 bridgehead atoms. The zero-order valence-corrected chi connectivity index (χ0v) is 8.85. The molecule has 0 saturated carbocycles. The highest BCUT2D eigenvalue weighted by Gasteiger charge is 2.17. The molecular formula is C12H16N2O. The molecule has 1 aliphatic rings. The number of likely N-dealkylation sites (tertiary alicyclic amines) is 1. The predicted molar refractivity (Wildman–Crippen MR) is 58.4 cm³/mol. The molecule has 1 amide bonds. The van der Waals surface area contributed by atoms with Gasteiger partial charge in [-0.25, -0.2) is 0 Å². The van der Waals surface area contributed by atoms with Crippen LogP contribution in [0, 0.1) is 0 Å². The van der Waals surface area contributed by atoms with Crippen LogP contribution in [0.2, 0.25) is 0 Å². The highest BCUT2D eigenvalue weighted by Crippen LogP contribution is 2.10. The summed E-state index contributed by atoms with van der Waals surface area (Å²) in [4.78, 5) is 17.7. The molecule has 0 N–H and O–H groups in total. The van der Waals surface area contributed by atoms with Gasteiger partial charge in [0.1, 0.15) is 0 Å². The molecule has 1 aromatic rings. The summed E-state index contributed by atoms with van der Waals surface area (Å²) in [5, 5.41) is 0. The van der Waals surface area contributed by atoms with E-state index in [1.807, 2.05) is 23.2 Å². The van der Waals surface area contributed by atoms with Crippen molar-refractivity contribution in [1.82, 2.24) is 9.88 Å². The smallest absolute Gasteiger partial charge is 0.222 e. The largest absolute Gasteiger partial charge is 0.343 e. The molecule has 1 fully saturated rings. The van der Waals surface area contributed by atoms with Gasteiger partial charge in [0.25, 0.3) is 0 Å².